The normalized spacial score (nSPS) is 13.9. The molecule has 0 aromatic heterocycles. The molecule has 0 fully saturated rings. The van der Waals surface area contributed by atoms with E-state index in [4.69, 9.17) is 4.74 Å². The van der Waals surface area contributed by atoms with Crippen LogP contribution in [0.2, 0.25) is 0 Å². The van der Waals surface area contributed by atoms with Crippen LogP contribution in [0, 0.1) is 0 Å². The van der Waals surface area contributed by atoms with Crippen LogP contribution in [-0.4, -0.2) is 35.9 Å². The van der Waals surface area contributed by atoms with Crippen LogP contribution in [0.15, 0.2) is 52.0 Å². The summed E-state index contributed by atoms with van der Waals surface area (Å²) < 4.78 is 4.91. The maximum atomic E-state index is 11.9. The summed E-state index contributed by atoms with van der Waals surface area (Å²) in [6, 6.07) is 8.99. The third kappa shape index (κ3) is 6.77. The van der Waals surface area contributed by atoms with Crippen LogP contribution in [0.3, 0.4) is 0 Å². The van der Waals surface area contributed by atoms with Crippen molar-refractivity contribution in [1.82, 2.24) is 0 Å². The van der Waals surface area contributed by atoms with Gasteiger partial charge in [-0.25, -0.2) is 4.79 Å². The smallest absolute Gasteiger partial charge is 0.362 e. The zero-order chi connectivity index (χ0) is 15.9. The lowest BCUT2D eigenvalue weighted by atomic mass is 10.3. The third-order valence-corrected chi connectivity index (χ3v) is 3.89. The second-order valence-corrected chi connectivity index (χ2v) is 13.0. The van der Waals surface area contributed by atoms with Crippen LogP contribution in [0.5, 0.6) is 0 Å². The van der Waals surface area contributed by atoms with Crippen molar-refractivity contribution < 1.29 is 14.6 Å². The van der Waals surface area contributed by atoms with Crippen LogP contribution in [-0.2, 0) is 9.53 Å². The molecule has 0 amide bonds. The third-order valence-electron chi connectivity index (χ3n) is 2.24. The van der Waals surface area contributed by atoms with Gasteiger partial charge in [0.25, 0.3) is 0 Å². The average molecular weight is 375 g/mol. The molecule has 5 nitrogen and oxygen atoms in total. The molecule has 1 aromatic rings. The summed E-state index contributed by atoms with van der Waals surface area (Å²) in [5.41, 5.74) is 0.443. The summed E-state index contributed by atoms with van der Waals surface area (Å²) in [5.74, 6) is -0.481. The van der Waals surface area contributed by atoms with E-state index in [1.54, 1.807) is 19.1 Å². The summed E-state index contributed by atoms with van der Waals surface area (Å²) in [4.78, 5) is 11.9. The fourth-order valence-corrected chi connectivity index (χ4v) is 2.85. The number of halogens is 1. The number of carbonyl (C=O) groups is 1. The maximum Gasteiger partial charge on any atom is 0.362 e. The summed E-state index contributed by atoms with van der Waals surface area (Å²) in [6.45, 7) is 1.90. The fraction of sp³-hybridized carbons (Fsp3) is 0.357. The first-order valence-corrected chi connectivity index (χ1v) is 10.8. The van der Waals surface area contributed by atoms with E-state index in [1.165, 1.54) is 0 Å². The highest BCUT2D eigenvalue weighted by Gasteiger charge is 2.20. The Hall–Kier alpha value is -1.34. The van der Waals surface area contributed by atoms with Crippen molar-refractivity contribution in [3.8, 4) is 0 Å². The van der Waals surface area contributed by atoms with Crippen molar-refractivity contribution in [1.29, 1.82) is 0 Å². The first-order chi connectivity index (χ1) is 9.83. The van der Waals surface area contributed by atoms with E-state index in [-0.39, 0.29) is 18.1 Å². The van der Waals surface area contributed by atoms with Gasteiger partial charge >= 0.3 is 5.97 Å². The van der Waals surface area contributed by atoms with Gasteiger partial charge in [-0.2, -0.15) is 13.6 Å². The highest BCUT2D eigenvalue weighted by Crippen LogP contribution is 2.49. The van der Waals surface area contributed by atoms with Gasteiger partial charge in [0.05, 0.1) is 12.3 Å². The van der Waals surface area contributed by atoms with E-state index in [9.17, 15) is 9.90 Å². The first-order valence-electron chi connectivity index (χ1n) is 6.30. The van der Waals surface area contributed by atoms with Gasteiger partial charge in [-0.15, -0.1) is 5.11 Å². The van der Waals surface area contributed by atoms with Crippen molar-refractivity contribution in [3.05, 3.63) is 41.8 Å². The molecular weight excluding hydrogens is 356 g/mol. The van der Waals surface area contributed by atoms with Crippen LogP contribution in [0.25, 0.3) is 0 Å². The quantitative estimate of drug-likeness (QED) is 0.345. The van der Waals surface area contributed by atoms with Crippen LogP contribution >= 0.6 is 23.3 Å². The molecule has 21 heavy (non-hydrogen) atoms. The van der Waals surface area contributed by atoms with Gasteiger partial charge in [-0.3, -0.25) is 0 Å². The Morgan fingerprint density at radius 2 is 1.95 bits per heavy atom. The predicted octanol–water partition coefficient (Wildman–Crippen LogP) is 4.48. The minimum atomic E-state index is -1.20. The number of azo groups is 1. The Morgan fingerprint density at radius 3 is 2.48 bits per heavy atom. The molecule has 0 saturated heterocycles. The van der Waals surface area contributed by atoms with Gasteiger partial charge in [0, 0.05) is 5.75 Å². The Balaban J connectivity index is 3.05. The van der Waals surface area contributed by atoms with Gasteiger partial charge in [-0.05, 0) is 46.4 Å². The average Bonchev–Trinajstić information content (AvgIpc) is 2.38. The van der Waals surface area contributed by atoms with Gasteiger partial charge < -0.3 is 9.84 Å². The van der Waals surface area contributed by atoms with Crippen molar-refractivity contribution in [2.75, 3.05) is 24.9 Å². The molecule has 0 atom stereocenters. The van der Waals surface area contributed by atoms with Crippen molar-refractivity contribution >= 4 is 34.9 Å². The molecule has 1 N–H and O–H groups in total. The van der Waals surface area contributed by atoms with Gasteiger partial charge in [0.1, 0.15) is 5.76 Å². The number of hydrogen-bond acceptors (Lipinski definition) is 5. The number of hydrogen-bond donors (Lipinski definition) is 1. The minimum Gasteiger partial charge on any atom is -0.509 e. The number of ether oxygens (including phenoxy) is 1. The molecule has 0 saturated carbocycles. The highest BCUT2D eigenvalue weighted by molar-refractivity contribution is 9.58. The number of aliphatic hydroxyl groups excluding tert-OH is 1. The molecule has 0 radical (unpaired) electrons. The Labute approximate surface area is 133 Å². The molecule has 0 bridgehead atoms. The predicted molar refractivity (Wildman–Crippen MR) is 90.5 cm³/mol. The van der Waals surface area contributed by atoms with E-state index in [0.29, 0.717) is 11.4 Å². The van der Waals surface area contributed by atoms with E-state index >= 15 is 0 Å². The topological polar surface area (TPSA) is 71.2 Å². The summed E-state index contributed by atoms with van der Waals surface area (Å²) in [6.07, 6.45) is 3.92. The van der Waals surface area contributed by atoms with E-state index in [1.807, 2.05) is 30.7 Å². The number of benzene rings is 1. The Bertz CT molecular complexity index is 539. The van der Waals surface area contributed by atoms with Crippen LogP contribution < -0.4 is 0 Å². The zero-order valence-electron chi connectivity index (χ0n) is 12.2. The van der Waals surface area contributed by atoms with E-state index in [2.05, 4.69) is 25.0 Å². The van der Waals surface area contributed by atoms with Crippen molar-refractivity contribution in [2.45, 2.75) is 6.92 Å². The number of aliphatic hydroxyl groups is 1. The van der Waals surface area contributed by atoms with Crippen LogP contribution in [0.4, 0.5) is 5.69 Å². The Kier molecular flexibility index (Phi) is 6.91. The van der Waals surface area contributed by atoms with Crippen LogP contribution in [0.1, 0.15) is 6.92 Å². The second-order valence-electron chi connectivity index (χ2n) is 4.60. The zero-order valence-corrected chi connectivity index (χ0v) is 14.6. The molecule has 0 aliphatic rings. The molecule has 0 aliphatic heterocycles. The van der Waals surface area contributed by atoms with Gasteiger partial charge in [-0.1, -0.05) is 18.2 Å². The lowest BCUT2D eigenvalue weighted by Crippen LogP contribution is -2.11. The monoisotopic (exact) mass is 374 g/mol. The molecule has 0 spiro atoms. The molecule has 1 rings (SSSR count). The number of nitrogens with zero attached hydrogens (tertiary/aromatic N) is 2. The van der Waals surface area contributed by atoms with Crippen molar-refractivity contribution in [2.24, 2.45) is 10.2 Å². The van der Waals surface area contributed by atoms with E-state index < -0.39 is 14.4 Å². The molecule has 0 aliphatic carbocycles. The largest absolute Gasteiger partial charge is 0.509 e. The molecule has 116 valence electrons. The Morgan fingerprint density at radius 1 is 1.33 bits per heavy atom. The maximum absolute atomic E-state index is 11.9. The lowest BCUT2D eigenvalue weighted by Gasteiger charge is -2.21. The first kappa shape index (κ1) is 17.7. The second kappa shape index (κ2) is 8.19. The number of carbonyl (C=O) groups excluding carboxylic acids is 1. The van der Waals surface area contributed by atoms with Gasteiger partial charge in [0.15, 0.2) is 0 Å². The number of rotatable bonds is 6. The van der Waals surface area contributed by atoms with E-state index in [0.717, 1.165) is 0 Å². The lowest BCUT2D eigenvalue weighted by molar-refractivity contribution is -0.138. The molecule has 1 aromatic carbocycles. The molecule has 0 unspecified atom stereocenters. The van der Waals surface area contributed by atoms with Crippen molar-refractivity contribution in [3.63, 3.8) is 0 Å². The summed E-state index contributed by atoms with van der Waals surface area (Å²) >= 11 is 3.50. The summed E-state index contributed by atoms with van der Waals surface area (Å²) in [5, 5.41) is 18.0. The fourth-order valence-electron chi connectivity index (χ4n) is 1.41. The standard InChI is InChI=1S/C14H19BrN2O3S/c1-4-20-14(19)13(12(18)10-21(2,3)15)17-16-11-8-6-5-7-9-11/h5-9,18H,4,10H2,1-3H3/b13-12+,17-16?. The SMILES string of the molecule is CCOC(=O)/C(N=Nc1ccccc1)=C(\O)CS(C)(C)Br. The molecule has 0 heterocycles. The molecule has 7 heteroatoms. The van der Waals surface area contributed by atoms with Gasteiger partial charge in [0.2, 0.25) is 5.70 Å². The minimum absolute atomic E-state index is 0.120. The molecular formula is C14H19BrN2O3S. The number of esters is 1. The summed E-state index contributed by atoms with van der Waals surface area (Å²) in [7, 11) is -1.20. The highest BCUT2D eigenvalue weighted by atomic mass is 79.9.